The number of nitrogens with zero attached hydrogens (tertiary/aromatic N) is 1. The molecule has 0 aliphatic heterocycles. The van der Waals surface area contributed by atoms with Crippen LogP contribution in [0.2, 0.25) is 0 Å². The zero-order valence-electron chi connectivity index (χ0n) is 23.8. The maximum atomic E-state index is 13.6. The molecule has 3 atom stereocenters. The van der Waals surface area contributed by atoms with E-state index in [1.54, 1.807) is 11.8 Å². The molecule has 1 aliphatic rings. The Morgan fingerprint density at radius 2 is 1.70 bits per heavy atom. The van der Waals surface area contributed by atoms with Gasteiger partial charge in [0, 0.05) is 20.7 Å². The highest BCUT2D eigenvalue weighted by molar-refractivity contribution is 5.94. The number of rotatable bonds is 14. The van der Waals surface area contributed by atoms with Crippen molar-refractivity contribution >= 4 is 17.7 Å². The molecule has 1 aromatic carbocycles. The van der Waals surface area contributed by atoms with Gasteiger partial charge in [0.15, 0.2) is 5.60 Å². The molecule has 0 aromatic heterocycles. The smallest absolute Gasteiger partial charge is 0.257 e. The van der Waals surface area contributed by atoms with Crippen LogP contribution >= 0.6 is 0 Å². The van der Waals surface area contributed by atoms with E-state index < -0.39 is 17.7 Å². The molecule has 0 bridgehead atoms. The van der Waals surface area contributed by atoms with E-state index in [-0.39, 0.29) is 23.6 Å². The van der Waals surface area contributed by atoms with Crippen LogP contribution < -0.4 is 10.6 Å². The first kappa shape index (κ1) is 30.8. The van der Waals surface area contributed by atoms with Crippen molar-refractivity contribution in [2.75, 3.05) is 20.7 Å². The zero-order valence-corrected chi connectivity index (χ0v) is 23.8. The molecule has 0 saturated heterocycles. The number of hydrogen-bond acceptors (Lipinski definition) is 4. The lowest BCUT2D eigenvalue weighted by Gasteiger charge is -2.32. The molecule has 0 heterocycles. The second-order valence-electron chi connectivity index (χ2n) is 11.2. The van der Waals surface area contributed by atoms with Gasteiger partial charge >= 0.3 is 0 Å². The molecular weight excluding hydrogens is 466 g/mol. The minimum atomic E-state index is -1.24. The summed E-state index contributed by atoms with van der Waals surface area (Å²) in [6.45, 7) is 8.51. The summed E-state index contributed by atoms with van der Waals surface area (Å²) in [7, 11) is 3.31. The SMILES string of the molecule is CCCCN(C)C(=O)[C@H](CC1CCCCC1)NC(=O)[C@H](CC(C)C)NC(=O)[C@](C)(OC)c1ccccc1. The van der Waals surface area contributed by atoms with Gasteiger partial charge in [-0.15, -0.1) is 0 Å². The van der Waals surface area contributed by atoms with Gasteiger partial charge in [0.25, 0.3) is 5.91 Å². The Kier molecular flexibility index (Phi) is 12.6. The van der Waals surface area contributed by atoms with Crippen LogP contribution in [0.3, 0.4) is 0 Å². The molecule has 7 nitrogen and oxygen atoms in total. The quantitative estimate of drug-likeness (QED) is 0.373. The lowest BCUT2D eigenvalue weighted by atomic mass is 9.84. The van der Waals surface area contributed by atoms with Gasteiger partial charge in [-0.1, -0.05) is 89.6 Å². The number of hydrogen-bond donors (Lipinski definition) is 2. The van der Waals surface area contributed by atoms with Crippen LogP contribution in [0.15, 0.2) is 30.3 Å². The Hall–Kier alpha value is -2.41. The summed E-state index contributed by atoms with van der Waals surface area (Å²) >= 11 is 0. The average Bonchev–Trinajstić information content (AvgIpc) is 2.90. The summed E-state index contributed by atoms with van der Waals surface area (Å²) in [5.41, 5.74) is -0.532. The van der Waals surface area contributed by atoms with Crippen LogP contribution in [0.25, 0.3) is 0 Å². The fourth-order valence-electron chi connectivity index (χ4n) is 5.12. The number of unbranched alkanes of at least 4 members (excludes halogenated alkanes) is 1. The highest BCUT2D eigenvalue weighted by Gasteiger charge is 2.38. The number of amides is 3. The van der Waals surface area contributed by atoms with Gasteiger partial charge in [-0.05, 0) is 43.6 Å². The second kappa shape index (κ2) is 15.1. The van der Waals surface area contributed by atoms with Gasteiger partial charge in [-0.3, -0.25) is 14.4 Å². The first-order valence-electron chi connectivity index (χ1n) is 14.1. The third kappa shape index (κ3) is 9.13. The van der Waals surface area contributed by atoms with Crippen molar-refractivity contribution in [2.45, 2.75) is 103 Å². The van der Waals surface area contributed by atoms with Gasteiger partial charge in [-0.2, -0.15) is 0 Å². The van der Waals surface area contributed by atoms with Crippen LogP contribution in [-0.4, -0.2) is 55.4 Å². The summed E-state index contributed by atoms with van der Waals surface area (Å²) in [6.07, 6.45) is 8.79. The summed E-state index contributed by atoms with van der Waals surface area (Å²) in [5.74, 6) is -0.145. The number of carbonyl (C=O) groups excluding carboxylic acids is 3. The van der Waals surface area contributed by atoms with Crippen LogP contribution in [0.4, 0.5) is 0 Å². The lowest BCUT2D eigenvalue weighted by Crippen LogP contribution is -2.57. The van der Waals surface area contributed by atoms with Crippen molar-refractivity contribution in [2.24, 2.45) is 11.8 Å². The normalized spacial score (nSPS) is 17.5. The molecule has 2 rings (SSSR count). The maximum absolute atomic E-state index is 13.6. The van der Waals surface area contributed by atoms with Crippen molar-refractivity contribution in [3.8, 4) is 0 Å². The topological polar surface area (TPSA) is 87.7 Å². The zero-order chi connectivity index (χ0) is 27.4. The third-order valence-electron chi connectivity index (χ3n) is 7.63. The van der Waals surface area contributed by atoms with E-state index in [2.05, 4.69) is 17.6 Å². The van der Waals surface area contributed by atoms with Crippen molar-refractivity contribution in [3.63, 3.8) is 0 Å². The van der Waals surface area contributed by atoms with Gasteiger partial charge in [0.05, 0.1) is 0 Å². The second-order valence-corrected chi connectivity index (χ2v) is 11.2. The number of methoxy groups -OCH3 is 1. The Morgan fingerprint density at radius 1 is 1.05 bits per heavy atom. The van der Waals surface area contributed by atoms with E-state index in [4.69, 9.17) is 4.74 Å². The molecule has 2 N–H and O–H groups in total. The predicted octanol–water partition coefficient (Wildman–Crippen LogP) is 4.79. The molecule has 0 radical (unpaired) electrons. The van der Waals surface area contributed by atoms with Crippen LogP contribution in [0.1, 0.15) is 91.0 Å². The molecule has 7 heteroatoms. The molecule has 3 amide bonds. The molecule has 0 unspecified atom stereocenters. The Bertz CT molecular complexity index is 854. The predicted molar refractivity (Wildman–Crippen MR) is 148 cm³/mol. The van der Waals surface area contributed by atoms with Crippen molar-refractivity contribution in [1.82, 2.24) is 15.5 Å². The number of benzene rings is 1. The fourth-order valence-corrected chi connectivity index (χ4v) is 5.12. The largest absolute Gasteiger partial charge is 0.364 e. The maximum Gasteiger partial charge on any atom is 0.257 e. The molecule has 1 saturated carbocycles. The van der Waals surface area contributed by atoms with Crippen LogP contribution in [-0.2, 0) is 24.7 Å². The minimum absolute atomic E-state index is 0.0481. The lowest BCUT2D eigenvalue weighted by molar-refractivity contribution is -0.146. The van der Waals surface area contributed by atoms with E-state index in [9.17, 15) is 14.4 Å². The van der Waals surface area contributed by atoms with Crippen molar-refractivity contribution < 1.29 is 19.1 Å². The average molecular weight is 516 g/mol. The Balaban J connectivity index is 2.22. The van der Waals surface area contributed by atoms with E-state index in [0.29, 0.717) is 30.9 Å². The standard InChI is InChI=1S/C30H49N3O4/c1-7-8-19-33(5)28(35)26(21-23-15-11-9-12-16-23)31-27(34)25(20-22(2)3)32-29(36)30(4,37-6)24-17-13-10-14-18-24/h10,13-14,17-18,22-23,25-26H,7-9,11-12,15-16,19-21H2,1-6H3,(H,31,34)(H,32,36)/t25-,26-,30+/m0/s1. The molecule has 1 aromatic rings. The van der Waals surface area contributed by atoms with Gasteiger partial charge in [-0.25, -0.2) is 0 Å². The summed E-state index contributed by atoms with van der Waals surface area (Å²) in [5, 5.41) is 6.00. The third-order valence-corrected chi connectivity index (χ3v) is 7.63. The first-order chi connectivity index (χ1) is 17.6. The van der Waals surface area contributed by atoms with Crippen LogP contribution in [0, 0.1) is 11.8 Å². The number of carbonyl (C=O) groups is 3. The van der Waals surface area contributed by atoms with Gasteiger partial charge in [0.1, 0.15) is 12.1 Å². The summed E-state index contributed by atoms with van der Waals surface area (Å²) < 4.78 is 5.66. The number of nitrogens with one attached hydrogen (secondary N) is 2. The fraction of sp³-hybridized carbons (Fsp3) is 0.700. The molecule has 0 spiro atoms. The van der Waals surface area contributed by atoms with Gasteiger partial charge in [0.2, 0.25) is 11.8 Å². The number of ether oxygens (including phenoxy) is 1. The summed E-state index contributed by atoms with van der Waals surface area (Å²) in [4.78, 5) is 42.2. The van der Waals surface area contributed by atoms with E-state index in [1.165, 1.54) is 26.4 Å². The molecule has 208 valence electrons. The monoisotopic (exact) mass is 515 g/mol. The van der Waals surface area contributed by atoms with E-state index >= 15 is 0 Å². The minimum Gasteiger partial charge on any atom is -0.364 e. The Labute approximate surface area is 224 Å². The molecule has 1 fully saturated rings. The van der Waals surface area contributed by atoms with E-state index in [1.807, 2.05) is 51.2 Å². The summed E-state index contributed by atoms with van der Waals surface area (Å²) in [6, 6.07) is 7.91. The van der Waals surface area contributed by atoms with Crippen LogP contribution in [0.5, 0.6) is 0 Å². The highest BCUT2D eigenvalue weighted by atomic mass is 16.5. The van der Waals surface area contributed by atoms with E-state index in [0.717, 1.165) is 25.7 Å². The number of likely N-dealkylation sites (N-methyl/N-ethyl adjacent to an activating group) is 1. The van der Waals surface area contributed by atoms with Crippen molar-refractivity contribution in [1.29, 1.82) is 0 Å². The Morgan fingerprint density at radius 3 is 2.27 bits per heavy atom. The first-order valence-corrected chi connectivity index (χ1v) is 14.1. The molecule has 37 heavy (non-hydrogen) atoms. The van der Waals surface area contributed by atoms with Crippen molar-refractivity contribution in [3.05, 3.63) is 35.9 Å². The molecular formula is C30H49N3O4. The van der Waals surface area contributed by atoms with Gasteiger partial charge < -0.3 is 20.3 Å². The highest BCUT2D eigenvalue weighted by Crippen LogP contribution is 2.28. The molecule has 1 aliphatic carbocycles.